The van der Waals surface area contributed by atoms with Crippen LogP contribution in [0.15, 0.2) is 29.3 Å². The van der Waals surface area contributed by atoms with Crippen LogP contribution < -0.4 is 0 Å². The molecule has 1 N–H and O–H groups in total. The fraction of sp³-hybridized carbons (Fsp3) is 0.333. The number of nitrogens with zero attached hydrogens (tertiary/aromatic N) is 4. The Morgan fingerprint density at radius 1 is 1.18 bits per heavy atom. The molecule has 6 nitrogen and oxygen atoms in total. The highest BCUT2D eigenvalue weighted by Gasteiger charge is 2.29. The van der Waals surface area contributed by atoms with Crippen LogP contribution in [0.25, 0.3) is 5.00 Å². The minimum Gasteiger partial charge on any atom is -0.481 e. The van der Waals surface area contributed by atoms with Crippen LogP contribution in [0.4, 0.5) is 0 Å². The van der Waals surface area contributed by atoms with Gasteiger partial charge in [-0.15, -0.1) is 21.5 Å². The van der Waals surface area contributed by atoms with Gasteiger partial charge in [-0.3, -0.25) is 14.4 Å². The second-order valence-electron chi connectivity index (χ2n) is 7.15. The molecule has 7 heteroatoms. The van der Waals surface area contributed by atoms with Crippen molar-refractivity contribution in [2.24, 2.45) is 4.99 Å². The molecular weight excluding hydrogens is 372 g/mol. The van der Waals surface area contributed by atoms with E-state index in [0.29, 0.717) is 6.42 Å². The predicted molar refractivity (Wildman–Crippen MR) is 110 cm³/mol. The average molecular weight is 395 g/mol. The van der Waals surface area contributed by atoms with Gasteiger partial charge >= 0.3 is 5.97 Å². The Bertz CT molecular complexity index is 1090. The van der Waals surface area contributed by atoms with Gasteiger partial charge in [-0.05, 0) is 45.2 Å². The number of carboxylic acids is 1. The summed E-state index contributed by atoms with van der Waals surface area (Å²) in [5.41, 5.74) is 5.36. The topological polar surface area (TPSA) is 80.4 Å². The number of carboxylic acid groups (broad SMARTS) is 1. The minimum absolute atomic E-state index is 0.109. The fourth-order valence-corrected chi connectivity index (χ4v) is 4.77. The number of hydrogen-bond donors (Lipinski definition) is 1. The quantitative estimate of drug-likeness (QED) is 0.720. The van der Waals surface area contributed by atoms with Gasteiger partial charge < -0.3 is 5.11 Å². The van der Waals surface area contributed by atoms with Gasteiger partial charge in [0.15, 0.2) is 5.82 Å². The fourth-order valence-electron chi connectivity index (χ4n) is 3.56. The molecule has 0 aliphatic carbocycles. The third-order valence-electron chi connectivity index (χ3n) is 5.21. The summed E-state index contributed by atoms with van der Waals surface area (Å²) in [6.45, 7) is 8.28. The van der Waals surface area contributed by atoms with Gasteiger partial charge in [-0.1, -0.05) is 24.3 Å². The van der Waals surface area contributed by atoms with Gasteiger partial charge in [-0.25, -0.2) is 0 Å². The Morgan fingerprint density at radius 2 is 1.89 bits per heavy atom. The van der Waals surface area contributed by atoms with Gasteiger partial charge in [0, 0.05) is 22.4 Å². The maximum Gasteiger partial charge on any atom is 0.303 e. The smallest absolute Gasteiger partial charge is 0.303 e. The highest BCUT2D eigenvalue weighted by molar-refractivity contribution is 7.15. The van der Waals surface area contributed by atoms with Crippen molar-refractivity contribution in [2.45, 2.75) is 46.6 Å². The van der Waals surface area contributed by atoms with Crippen LogP contribution in [0.5, 0.6) is 0 Å². The van der Waals surface area contributed by atoms with Gasteiger partial charge in [0.2, 0.25) is 0 Å². The van der Waals surface area contributed by atoms with E-state index in [2.05, 4.69) is 28.6 Å². The van der Waals surface area contributed by atoms with E-state index in [1.54, 1.807) is 11.3 Å². The number of aromatic nitrogens is 3. The number of carbonyl (C=O) groups is 1. The lowest BCUT2D eigenvalue weighted by atomic mass is 9.98. The molecule has 0 fully saturated rings. The zero-order chi connectivity index (χ0) is 20.0. The average Bonchev–Trinajstić information content (AvgIpc) is 3.14. The lowest BCUT2D eigenvalue weighted by Crippen LogP contribution is -2.07. The molecule has 1 unspecified atom stereocenters. The first-order chi connectivity index (χ1) is 13.4. The molecule has 3 heterocycles. The molecule has 2 aromatic heterocycles. The summed E-state index contributed by atoms with van der Waals surface area (Å²) in [5, 5.41) is 18.7. The predicted octanol–water partition coefficient (Wildman–Crippen LogP) is 4.18. The maximum atomic E-state index is 10.8. The molecular formula is C21H22N4O2S. The molecule has 28 heavy (non-hydrogen) atoms. The van der Waals surface area contributed by atoms with E-state index in [4.69, 9.17) is 10.1 Å². The molecule has 0 radical (unpaired) electrons. The molecule has 0 saturated carbocycles. The van der Waals surface area contributed by atoms with Crippen molar-refractivity contribution in [1.29, 1.82) is 0 Å². The zero-order valence-electron chi connectivity index (χ0n) is 16.4. The summed E-state index contributed by atoms with van der Waals surface area (Å²) in [5.74, 6) is 0.941. The van der Waals surface area contributed by atoms with Gasteiger partial charge in [0.05, 0.1) is 5.71 Å². The Labute approximate surface area is 167 Å². The second-order valence-corrected chi connectivity index (χ2v) is 8.35. The summed E-state index contributed by atoms with van der Waals surface area (Å²) < 4.78 is 2.13. The van der Waals surface area contributed by atoms with Crippen molar-refractivity contribution in [3.63, 3.8) is 0 Å². The Morgan fingerprint density at radius 3 is 2.57 bits per heavy atom. The van der Waals surface area contributed by atoms with Crippen molar-refractivity contribution in [3.8, 4) is 5.00 Å². The van der Waals surface area contributed by atoms with Gasteiger partial charge in [0.1, 0.15) is 16.9 Å². The van der Waals surface area contributed by atoms with Crippen molar-refractivity contribution < 1.29 is 9.90 Å². The molecule has 4 rings (SSSR count). The van der Waals surface area contributed by atoms with E-state index in [1.165, 1.54) is 10.4 Å². The Balaban J connectivity index is 1.83. The number of hydrogen-bond acceptors (Lipinski definition) is 5. The highest BCUT2D eigenvalue weighted by atomic mass is 32.1. The number of benzene rings is 1. The maximum absolute atomic E-state index is 10.8. The van der Waals surface area contributed by atoms with Gasteiger partial charge in [0.25, 0.3) is 0 Å². The van der Waals surface area contributed by atoms with Crippen molar-refractivity contribution in [2.75, 3.05) is 0 Å². The van der Waals surface area contributed by atoms with E-state index in [9.17, 15) is 4.79 Å². The molecule has 1 aliphatic rings. The SMILES string of the molecule is Cc1sc2c(c1C)C(c1ccc(CCC(=O)O)cc1)=NC(C)c1nnc(C)n1-2. The summed E-state index contributed by atoms with van der Waals surface area (Å²) >= 11 is 1.74. The molecule has 1 atom stereocenters. The van der Waals surface area contributed by atoms with E-state index in [-0.39, 0.29) is 12.5 Å². The molecule has 144 valence electrons. The molecule has 1 aliphatic heterocycles. The Hall–Kier alpha value is -2.80. The summed E-state index contributed by atoms with van der Waals surface area (Å²) in [6.07, 6.45) is 0.665. The molecule has 0 spiro atoms. The number of aryl methyl sites for hydroxylation is 3. The van der Waals surface area contributed by atoms with E-state index < -0.39 is 5.97 Å². The lowest BCUT2D eigenvalue weighted by molar-refractivity contribution is -0.136. The van der Waals surface area contributed by atoms with Crippen LogP contribution in [0, 0.1) is 20.8 Å². The first-order valence-corrected chi connectivity index (χ1v) is 10.1. The first-order valence-electron chi connectivity index (χ1n) is 9.28. The summed E-state index contributed by atoms with van der Waals surface area (Å²) in [7, 11) is 0. The van der Waals surface area contributed by atoms with Crippen molar-refractivity contribution in [1.82, 2.24) is 14.8 Å². The molecule has 0 amide bonds. The molecule has 0 bridgehead atoms. The second kappa shape index (κ2) is 6.98. The van der Waals surface area contributed by atoms with Crippen LogP contribution in [0.1, 0.15) is 58.2 Å². The molecule has 1 aromatic carbocycles. The van der Waals surface area contributed by atoms with Crippen LogP contribution in [-0.4, -0.2) is 31.6 Å². The summed E-state index contributed by atoms with van der Waals surface area (Å²) in [4.78, 5) is 17.1. The highest BCUT2D eigenvalue weighted by Crippen LogP contribution is 2.38. The standard InChI is InChI=1S/C21H22N4O2S/c1-11-13(3)28-21-18(11)19(22-12(2)20-24-23-14(4)25(20)21)16-8-5-15(6-9-16)7-10-17(26)27/h5-6,8-9,12H,7,10H2,1-4H3,(H,26,27). The van der Waals surface area contributed by atoms with E-state index >= 15 is 0 Å². The number of aliphatic imine (C=N–C) groups is 1. The number of thiophene rings is 1. The first kappa shape index (κ1) is 18.6. The van der Waals surface area contributed by atoms with E-state index in [0.717, 1.165) is 39.1 Å². The number of aliphatic carboxylic acids is 1. The third kappa shape index (κ3) is 3.05. The van der Waals surface area contributed by atoms with Crippen LogP contribution in [0.3, 0.4) is 0 Å². The minimum atomic E-state index is -0.779. The van der Waals surface area contributed by atoms with E-state index in [1.807, 2.05) is 38.1 Å². The molecule has 0 saturated heterocycles. The number of fused-ring (bicyclic) bond motifs is 3. The lowest BCUT2D eigenvalue weighted by Gasteiger charge is -2.10. The largest absolute Gasteiger partial charge is 0.481 e. The number of rotatable bonds is 4. The zero-order valence-corrected chi connectivity index (χ0v) is 17.2. The monoisotopic (exact) mass is 394 g/mol. The normalized spacial score (nSPS) is 15.6. The van der Waals surface area contributed by atoms with Gasteiger partial charge in [-0.2, -0.15) is 0 Å². The Kier molecular flexibility index (Phi) is 4.63. The third-order valence-corrected chi connectivity index (χ3v) is 6.40. The van der Waals surface area contributed by atoms with Crippen LogP contribution in [-0.2, 0) is 11.2 Å². The molecule has 3 aromatic rings. The van der Waals surface area contributed by atoms with Crippen molar-refractivity contribution >= 4 is 23.0 Å². The van der Waals surface area contributed by atoms with Crippen LogP contribution in [0.2, 0.25) is 0 Å². The van der Waals surface area contributed by atoms with Crippen LogP contribution >= 0.6 is 11.3 Å². The van der Waals surface area contributed by atoms with Crippen molar-refractivity contribution in [3.05, 3.63) is 63.0 Å². The summed E-state index contributed by atoms with van der Waals surface area (Å²) in [6, 6.07) is 7.96.